The lowest BCUT2D eigenvalue weighted by atomic mass is 10.0. The Morgan fingerprint density at radius 2 is 1.51 bits per heavy atom. The van der Waals surface area contributed by atoms with Gasteiger partial charge in [-0.05, 0) is 49.9 Å². The molecule has 194 valence electrons. The first-order chi connectivity index (χ1) is 15.5. The van der Waals surface area contributed by atoms with Gasteiger partial charge >= 0.3 is 12.4 Å². The van der Waals surface area contributed by atoms with Gasteiger partial charge in [0.15, 0.2) is 0 Å². The standard InChI is InChI=1S/C22H22F6N4O.H3N.H2O/c23-21(24,25)15-10-14(11-16(12-15)22(26,27)28)20(33)30-18-4-3-9-32(18)19-13-17(5-6-29-19)31-7-1-2-8-31;;/h5-6,10-13,18H,1-4,7-9H2,(H,30,33);1H3;1H2. The van der Waals surface area contributed by atoms with Crippen LogP contribution < -0.4 is 21.3 Å². The maximum absolute atomic E-state index is 13.1. The van der Waals surface area contributed by atoms with Crippen molar-refractivity contribution < 1.29 is 36.6 Å². The number of aromatic nitrogens is 1. The Labute approximate surface area is 198 Å². The van der Waals surface area contributed by atoms with Gasteiger partial charge in [0.1, 0.15) is 12.0 Å². The van der Waals surface area contributed by atoms with Gasteiger partial charge in [0.2, 0.25) is 0 Å². The first-order valence-electron chi connectivity index (χ1n) is 10.6. The van der Waals surface area contributed by atoms with Crippen LogP contribution in [0.25, 0.3) is 0 Å². The third-order valence-corrected chi connectivity index (χ3v) is 5.89. The Kier molecular flexibility index (Phi) is 8.61. The third kappa shape index (κ3) is 6.34. The molecular weight excluding hydrogens is 480 g/mol. The third-order valence-electron chi connectivity index (χ3n) is 5.89. The molecule has 0 radical (unpaired) electrons. The minimum absolute atomic E-state index is 0. The summed E-state index contributed by atoms with van der Waals surface area (Å²) in [5.74, 6) is -0.401. The Hall–Kier alpha value is -3.06. The van der Waals surface area contributed by atoms with Crippen molar-refractivity contribution in [3.05, 3.63) is 53.2 Å². The molecule has 7 nitrogen and oxygen atoms in total. The summed E-state index contributed by atoms with van der Waals surface area (Å²) in [7, 11) is 0. The number of hydrogen-bond donors (Lipinski definition) is 2. The van der Waals surface area contributed by atoms with E-state index in [-0.39, 0.29) is 17.7 Å². The molecule has 2 fully saturated rings. The largest absolute Gasteiger partial charge is 0.416 e. The molecule has 1 aromatic heterocycles. The van der Waals surface area contributed by atoms with E-state index in [0.717, 1.165) is 31.6 Å². The molecule has 6 N–H and O–H groups in total. The fourth-order valence-corrected chi connectivity index (χ4v) is 4.25. The van der Waals surface area contributed by atoms with E-state index in [9.17, 15) is 31.1 Å². The molecule has 0 bridgehead atoms. The minimum atomic E-state index is -5.02. The summed E-state index contributed by atoms with van der Waals surface area (Å²) in [4.78, 5) is 21.1. The first kappa shape index (κ1) is 28.2. The fourth-order valence-electron chi connectivity index (χ4n) is 4.25. The van der Waals surface area contributed by atoms with Gasteiger partial charge in [0.25, 0.3) is 5.91 Å². The number of pyridine rings is 1. The number of alkyl halides is 6. The van der Waals surface area contributed by atoms with E-state index in [1.165, 1.54) is 0 Å². The number of nitrogens with zero attached hydrogens (tertiary/aromatic N) is 3. The highest BCUT2D eigenvalue weighted by Gasteiger charge is 2.38. The van der Waals surface area contributed by atoms with Crippen LogP contribution in [-0.2, 0) is 12.4 Å². The molecule has 35 heavy (non-hydrogen) atoms. The first-order valence-corrected chi connectivity index (χ1v) is 10.6. The lowest BCUT2D eigenvalue weighted by Gasteiger charge is -2.28. The summed E-state index contributed by atoms with van der Waals surface area (Å²) in [5.41, 5.74) is -2.75. The molecule has 2 aromatic rings. The topological polar surface area (TPSA) is 115 Å². The number of rotatable bonds is 4. The summed E-state index contributed by atoms with van der Waals surface area (Å²) >= 11 is 0. The molecule has 13 heteroatoms. The van der Waals surface area contributed by atoms with Gasteiger partial charge in [-0.2, -0.15) is 26.3 Å². The summed E-state index contributed by atoms with van der Waals surface area (Å²) in [6, 6.07) is 4.67. The van der Waals surface area contributed by atoms with Gasteiger partial charge in [-0.25, -0.2) is 4.98 Å². The van der Waals surface area contributed by atoms with E-state index in [2.05, 4.69) is 15.2 Å². The monoisotopic (exact) mass is 507 g/mol. The second-order valence-electron chi connectivity index (χ2n) is 8.19. The zero-order chi connectivity index (χ0) is 23.8. The smallest absolute Gasteiger partial charge is 0.412 e. The van der Waals surface area contributed by atoms with Crippen LogP contribution in [0.5, 0.6) is 0 Å². The maximum atomic E-state index is 13.1. The van der Waals surface area contributed by atoms with Gasteiger partial charge in [0, 0.05) is 43.1 Å². The molecule has 1 atom stereocenters. The Bertz CT molecular complexity index is 992. The highest BCUT2D eigenvalue weighted by Crippen LogP contribution is 2.36. The molecule has 4 rings (SSSR count). The van der Waals surface area contributed by atoms with Crippen molar-refractivity contribution in [3.63, 3.8) is 0 Å². The van der Waals surface area contributed by atoms with Gasteiger partial charge < -0.3 is 26.7 Å². The average Bonchev–Trinajstić information content (AvgIpc) is 3.44. The number of hydrogen-bond acceptors (Lipinski definition) is 5. The molecular formula is C22H27F6N5O2. The normalized spacial score (nSPS) is 18.2. The lowest BCUT2D eigenvalue weighted by Crippen LogP contribution is -2.45. The molecule has 0 spiro atoms. The van der Waals surface area contributed by atoms with E-state index >= 15 is 0 Å². The Morgan fingerprint density at radius 1 is 0.914 bits per heavy atom. The Morgan fingerprint density at radius 3 is 2.09 bits per heavy atom. The van der Waals surface area contributed by atoms with E-state index in [1.807, 2.05) is 17.0 Å². The van der Waals surface area contributed by atoms with Crippen LogP contribution in [0, 0.1) is 0 Å². The highest BCUT2D eigenvalue weighted by molar-refractivity contribution is 5.95. The number of amides is 1. The number of benzene rings is 1. The molecule has 2 aliphatic rings. The van der Waals surface area contributed by atoms with E-state index in [4.69, 9.17) is 0 Å². The summed E-state index contributed by atoms with van der Waals surface area (Å²) in [6.45, 7) is 2.42. The van der Waals surface area contributed by atoms with Crippen molar-refractivity contribution >= 4 is 17.4 Å². The fraction of sp³-hybridized carbons (Fsp3) is 0.455. The zero-order valence-corrected chi connectivity index (χ0v) is 18.7. The van der Waals surface area contributed by atoms with Gasteiger partial charge in [-0.3, -0.25) is 4.79 Å². The molecule has 1 amide bonds. The summed E-state index contributed by atoms with van der Waals surface area (Å²) in [5, 5.41) is 2.59. The van der Waals surface area contributed by atoms with Crippen molar-refractivity contribution in [1.29, 1.82) is 0 Å². The minimum Gasteiger partial charge on any atom is -0.412 e. The predicted octanol–water partition coefficient (Wildman–Crippen LogP) is 4.41. The van der Waals surface area contributed by atoms with Crippen molar-refractivity contribution in [3.8, 4) is 0 Å². The summed E-state index contributed by atoms with van der Waals surface area (Å²) in [6.07, 6.45) is -5.60. The zero-order valence-electron chi connectivity index (χ0n) is 18.7. The summed E-state index contributed by atoms with van der Waals surface area (Å²) < 4.78 is 78.8. The number of anilines is 2. The van der Waals surface area contributed by atoms with Gasteiger partial charge in [-0.15, -0.1) is 0 Å². The molecule has 1 aromatic carbocycles. The molecule has 1 unspecified atom stereocenters. The van der Waals surface area contributed by atoms with Crippen molar-refractivity contribution in [1.82, 2.24) is 16.5 Å². The van der Waals surface area contributed by atoms with Crippen LogP contribution in [0.15, 0.2) is 36.5 Å². The molecule has 0 saturated carbocycles. The van der Waals surface area contributed by atoms with Crippen molar-refractivity contribution in [2.75, 3.05) is 29.4 Å². The van der Waals surface area contributed by atoms with E-state index in [1.54, 1.807) is 6.20 Å². The maximum Gasteiger partial charge on any atom is 0.416 e. The Balaban J connectivity index is 0.00000216. The highest BCUT2D eigenvalue weighted by atomic mass is 19.4. The van der Waals surface area contributed by atoms with Crippen LogP contribution in [0.4, 0.5) is 37.8 Å². The van der Waals surface area contributed by atoms with E-state index in [0.29, 0.717) is 37.3 Å². The van der Waals surface area contributed by atoms with Crippen LogP contribution in [0.1, 0.15) is 47.2 Å². The lowest BCUT2D eigenvalue weighted by molar-refractivity contribution is -0.143. The van der Waals surface area contributed by atoms with Crippen LogP contribution >= 0.6 is 0 Å². The second kappa shape index (κ2) is 10.7. The second-order valence-corrected chi connectivity index (χ2v) is 8.19. The quantitative estimate of drug-likeness (QED) is 0.595. The predicted molar refractivity (Wildman–Crippen MR) is 119 cm³/mol. The van der Waals surface area contributed by atoms with Crippen LogP contribution in [0.2, 0.25) is 0 Å². The molecule has 2 aliphatic heterocycles. The van der Waals surface area contributed by atoms with Crippen molar-refractivity contribution in [2.24, 2.45) is 0 Å². The van der Waals surface area contributed by atoms with Gasteiger partial charge in [-0.1, -0.05) is 0 Å². The van der Waals surface area contributed by atoms with Gasteiger partial charge in [0.05, 0.1) is 11.1 Å². The number of halogens is 6. The number of carbonyl (C=O) groups excluding carboxylic acids is 1. The molecule has 0 aliphatic carbocycles. The van der Waals surface area contributed by atoms with Crippen LogP contribution in [0.3, 0.4) is 0 Å². The average molecular weight is 507 g/mol. The SMILES string of the molecule is N.O.O=C(NC1CCCN1c1cc(N2CCCC2)ccn1)c1cc(C(F)(F)F)cc(C(F)(F)F)c1. The molecule has 3 heterocycles. The number of carbonyl (C=O) groups is 1. The van der Waals surface area contributed by atoms with Crippen LogP contribution in [-0.4, -0.2) is 42.2 Å². The number of nitrogens with one attached hydrogen (secondary N) is 1. The molecule has 2 saturated heterocycles. The van der Waals surface area contributed by atoms with Crippen molar-refractivity contribution in [2.45, 2.75) is 44.2 Å². The van der Waals surface area contributed by atoms with E-state index < -0.39 is 41.1 Å².